The van der Waals surface area contributed by atoms with Crippen LogP contribution < -0.4 is 10.1 Å². The summed E-state index contributed by atoms with van der Waals surface area (Å²) in [6.07, 6.45) is 3.46. The van der Waals surface area contributed by atoms with Crippen molar-refractivity contribution < 1.29 is 18.9 Å². The first-order valence-corrected chi connectivity index (χ1v) is 7.73. The van der Waals surface area contributed by atoms with Crippen LogP contribution in [-0.2, 0) is 20.2 Å². The van der Waals surface area contributed by atoms with Crippen LogP contribution in [0.5, 0.6) is 5.75 Å². The third kappa shape index (κ3) is 4.07. The summed E-state index contributed by atoms with van der Waals surface area (Å²) in [5.41, 5.74) is 0.737. The van der Waals surface area contributed by atoms with Crippen molar-refractivity contribution in [3.8, 4) is 5.75 Å². The van der Waals surface area contributed by atoms with Crippen LogP contribution in [0, 0.1) is 10.1 Å². The van der Waals surface area contributed by atoms with E-state index in [4.69, 9.17) is 9.15 Å². The summed E-state index contributed by atoms with van der Waals surface area (Å²) in [6.45, 7) is 0.302. The van der Waals surface area contributed by atoms with Gasteiger partial charge in [-0.15, -0.1) is 0 Å². The molecule has 0 fully saturated rings. The molecule has 0 aliphatic heterocycles. The third-order valence-corrected chi connectivity index (χ3v) is 3.53. The zero-order chi connectivity index (χ0) is 18.5. The van der Waals surface area contributed by atoms with Gasteiger partial charge in [0.05, 0.1) is 11.1 Å². The van der Waals surface area contributed by atoms with E-state index < -0.39 is 4.92 Å². The van der Waals surface area contributed by atoms with Crippen molar-refractivity contribution in [2.45, 2.75) is 13.2 Å². The molecule has 0 aliphatic carbocycles. The molecule has 134 valence electrons. The Balaban J connectivity index is 1.58. The molecule has 1 aromatic carbocycles. The van der Waals surface area contributed by atoms with E-state index >= 15 is 0 Å². The van der Waals surface area contributed by atoms with Crippen LogP contribution in [0.4, 0.5) is 5.69 Å². The molecule has 26 heavy (non-hydrogen) atoms. The first-order valence-electron chi connectivity index (χ1n) is 7.73. The second kappa shape index (κ2) is 7.51. The maximum Gasteiger partial charge on any atom is 0.310 e. The van der Waals surface area contributed by atoms with Crippen LogP contribution in [0.3, 0.4) is 0 Å². The van der Waals surface area contributed by atoms with Crippen molar-refractivity contribution in [1.82, 2.24) is 15.1 Å². The molecule has 2 aromatic heterocycles. The molecule has 9 heteroatoms. The SMILES string of the molecule is Cn1cc(CNC(=O)c2ccc(COc3ccccc3[N+](=O)[O-])o2)cn1. The number of nitrogens with zero attached hydrogens (tertiary/aromatic N) is 3. The van der Waals surface area contributed by atoms with Crippen molar-refractivity contribution in [2.24, 2.45) is 7.05 Å². The van der Waals surface area contributed by atoms with Crippen molar-refractivity contribution in [3.05, 3.63) is 76.0 Å². The van der Waals surface area contributed by atoms with Gasteiger partial charge in [0.2, 0.25) is 0 Å². The number of nitrogens with one attached hydrogen (secondary N) is 1. The van der Waals surface area contributed by atoms with Crippen molar-refractivity contribution >= 4 is 11.6 Å². The molecule has 0 bridgehead atoms. The lowest BCUT2D eigenvalue weighted by Crippen LogP contribution is -2.22. The Morgan fingerprint density at radius 2 is 2.15 bits per heavy atom. The average Bonchev–Trinajstić information content (AvgIpc) is 3.27. The highest BCUT2D eigenvalue weighted by Gasteiger charge is 2.15. The Morgan fingerprint density at radius 3 is 2.88 bits per heavy atom. The lowest BCUT2D eigenvalue weighted by molar-refractivity contribution is -0.386. The van der Waals surface area contributed by atoms with Crippen LogP contribution >= 0.6 is 0 Å². The predicted octanol–water partition coefficient (Wildman–Crippen LogP) is 2.43. The van der Waals surface area contributed by atoms with Crippen LogP contribution in [0.2, 0.25) is 0 Å². The van der Waals surface area contributed by atoms with Crippen LogP contribution in [0.15, 0.2) is 53.2 Å². The molecule has 9 nitrogen and oxygen atoms in total. The van der Waals surface area contributed by atoms with Crippen LogP contribution in [0.1, 0.15) is 21.9 Å². The lowest BCUT2D eigenvalue weighted by Gasteiger charge is -2.04. The number of ether oxygens (including phenoxy) is 1. The van der Waals surface area contributed by atoms with E-state index in [9.17, 15) is 14.9 Å². The van der Waals surface area contributed by atoms with E-state index in [0.717, 1.165) is 5.56 Å². The van der Waals surface area contributed by atoms with Crippen molar-refractivity contribution in [3.63, 3.8) is 0 Å². The standard InChI is InChI=1S/C17H16N4O5/c1-20-10-12(9-19-20)8-18-17(22)16-7-6-13(26-16)11-25-15-5-3-2-4-14(15)21(23)24/h2-7,9-10H,8,11H2,1H3,(H,18,22). The summed E-state index contributed by atoms with van der Waals surface area (Å²) in [6, 6.07) is 9.17. The Kier molecular flexibility index (Phi) is 4.97. The number of benzene rings is 1. The fourth-order valence-corrected chi connectivity index (χ4v) is 2.29. The number of hydrogen-bond donors (Lipinski definition) is 1. The zero-order valence-electron chi connectivity index (χ0n) is 13.9. The number of para-hydroxylation sites is 2. The summed E-state index contributed by atoms with van der Waals surface area (Å²) in [7, 11) is 1.79. The van der Waals surface area contributed by atoms with Gasteiger partial charge in [-0.1, -0.05) is 12.1 Å². The number of hydrogen-bond acceptors (Lipinski definition) is 6. The van der Waals surface area contributed by atoms with Crippen LogP contribution in [-0.4, -0.2) is 20.6 Å². The minimum absolute atomic E-state index is 0.0270. The second-order valence-electron chi connectivity index (χ2n) is 5.48. The minimum Gasteiger partial charge on any atom is -0.479 e. The maximum atomic E-state index is 12.1. The molecule has 0 saturated heterocycles. The first-order chi connectivity index (χ1) is 12.5. The molecule has 0 spiro atoms. The Labute approximate surface area is 148 Å². The summed E-state index contributed by atoms with van der Waals surface area (Å²) in [4.78, 5) is 22.5. The van der Waals surface area contributed by atoms with E-state index in [2.05, 4.69) is 10.4 Å². The van der Waals surface area contributed by atoms with Crippen molar-refractivity contribution in [2.75, 3.05) is 0 Å². The van der Waals surface area contributed by atoms with Gasteiger partial charge >= 0.3 is 5.69 Å². The Bertz CT molecular complexity index is 931. The summed E-state index contributed by atoms with van der Waals surface area (Å²) in [5.74, 6) is 0.284. The summed E-state index contributed by atoms with van der Waals surface area (Å²) in [5, 5.41) is 17.7. The van der Waals surface area contributed by atoms with Gasteiger partial charge in [-0.25, -0.2) is 0 Å². The van der Waals surface area contributed by atoms with Gasteiger partial charge in [-0.3, -0.25) is 19.6 Å². The monoisotopic (exact) mass is 356 g/mol. The molecule has 0 aliphatic rings. The quantitative estimate of drug-likeness (QED) is 0.514. The minimum atomic E-state index is -0.519. The van der Waals surface area contributed by atoms with Gasteiger partial charge < -0.3 is 14.5 Å². The van der Waals surface area contributed by atoms with Gasteiger partial charge in [0.1, 0.15) is 12.4 Å². The molecule has 0 radical (unpaired) electrons. The highest BCUT2D eigenvalue weighted by molar-refractivity contribution is 5.91. The highest BCUT2D eigenvalue weighted by Crippen LogP contribution is 2.26. The number of carbonyl (C=O) groups is 1. The van der Waals surface area contributed by atoms with E-state index in [-0.39, 0.29) is 29.7 Å². The van der Waals surface area contributed by atoms with E-state index in [1.54, 1.807) is 42.3 Å². The number of nitro benzene ring substituents is 1. The Hall–Kier alpha value is -3.62. The highest BCUT2D eigenvalue weighted by atomic mass is 16.6. The first kappa shape index (κ1) is 17.2. The summed E-state index contributed by atoms with van der Waals surface area (Å²) >= 11 is 0. The number of amides is 1. The van der Waals surface area contributed by atoms with E-state index in [0.29, 0.717) is 12.3 Å². The van der Waals surface area contributed by atoms with Gasteiger partial charge in [-0.05, 0) is 18.2 Å². The molecule has 3 aromatic rings. The van der Waals surface area contributed by atoms with Gasteiger partial charge in [0.25, 0.3) is 5.91 Å². The van der Waals surface area contributed by atoms with Gasteiger partial charge in [0.15, 0.2) is 11.5 Å². The second-order valence-corrected chi connectivity index (χ2v) is 5.48. The number of carbonyl (C=O) groups excluding carboxylic acids is 1. The molecule has 3 rings (SSSR count). The molecule has 1 amide bonds. The molecule has 1 N–H and O–H groups in total. The van der Waals surface area contributed by atoms with Crippen LogP contribution in [0.25, 0.3) is 0 Å². The predicted molar refractivity (Wildman–Crippen MR) is 90.5 cm³/mol. The molecule has 0 unspecified atom stereocenters. The molecule has 2 heterocycles. The van der Waals surface area contributed by atoms with Gasteiger partial charge in [-0.2, -0.15) is 5.10 Å². The van der Waals surface area contributed by atoms with E-state index in [1.807, 2.05) is 0 Å². The summed E-state index contributed by atoms with van der Waals surface area (Å²) < 4.78 is 12.5. The normalized spacial score (nSPS) is 10.5. The van der Waals surface area contributed by atoms with Gasteiger partial charge in [0, 0.05) is 31.4 Å². The topological polar surface area (TPSA) is 112 Å². The lowest BCUT2D eigenvalue weighted by atomic mass is 10.3. The van der Waals surface area contributed by atoms with Crippen molar-refractivity contribution in [1.29, 1.82) is 0 Å². The fourth-order valence-electron chi connectivity index (χ4n) is 2.29. The molecule has 0 saturated carbocycles. The zero-order valence-corrected chi connectivity index (χ0v) is 13.9. The Morgan fingerprint density at radius 1 is 1.35 bits per heavy atom. The molecular formula is C17H16N4O5. The number of rotatable bonds is 7. The number of aromatic nitrogens is 2. The molecule has 0 atom stereocenters. The molecular weight excluding hydrogens is 340 g/mol. The smallest absolute Gasteiger partial charge is 0.310 e. The average molecular weight is 356 g/mol. The fraction of sp³-hybridized carbons (Fsp3) is 0.176. The third-order valence-electron chi connectivity index (χ3n) is 3.53. The number of aryl methyl sites for hydroxylation is 1. The largest absolute Gasteiger partial charge is 0.479 e. The number of furan rings is 1. The van der Waals surface area contributed by atoms with E-state index in [1.165, 1.54) is 18.2 Å². The number of nitro groups is 1. The maximum absolute atomic E-state index is 12.1.